The van der Waals surface area contributed by atoms with Crippen molar-refractivity contribution in [2.75, 3.05) is 0 Å². The van der Waals surface area contributed by atoms with Gasteiger partial charge in [0.25, 0.3) is 6.43 Å². The summed E-state index contributed by atoms with van der Waals surface area (Å²) in [6.45, 7) is -0.568. The van der Waals surface area contributed by atoms with Crippen LogP contribution in [0.4, 0.5) is 22.0 Å². The minimum absolute atomic E-state index is 0.160. The molecule has 9 heteroatoms. The lowest BCUT2D eigenvalue weighted by molar-refractivity contribution is -0.275. The highest BCUT2D eigenvalue weighted by Crippen LogP contribution is 2.35. The normalized spacial score (nSPS) is 11.7. The summed E-state index contributed by atoms with van der Waals surface area (Å²) in [4.78, 5) is 13.6. The fourth-order valence-corrected chi connectivity index (χ4v) is 1.26. The third-order valence-corrected chi connectivity index (χ3v) is 1.95. The number of pyridine rings is 1. The van der Waals surface area contributed by atoms with Gasteiger partial charge in [0.05, 0.1) is 0 Å². The van der Waals surface area contributed by atoms with E-state index in [1.807, 2.05) is 0 Å². The molecule has 0 aliphatic heterocycles. The average Bonchev–Trinajstić information content (AvgIpc) is 2.25. The van der Waals surface area contributed by atoms with Crippen molar-refractivity contribution in [2.45, 2.75) is 19.3 Å². The van der Waals surface area contributed by atoms with Gasteiger partial charge in [-0.05, 0) is 0 Å². The maximum Gasteiger partial charge on any atom is 0.573 e. The van der Waals surface area contributed by atoms with Gasteiger partial charge < -0.3 is 10.5 Å². The summed E-state index contributed by atoms with van der Waals surface area (Å²) in [5.74, 6) is -1.22. The van der Waals surface area contributed by atoms with Gasteiger partial charge in [0.15, 0.2) is 12.0 Å². The molecular weight excluding hydrogens is 263 g/mol. The summed E-state index contributed by atoms with van der Waals surface area (Å²) in [5, 5.41) is 0. The predicted molar refractivity (Wildman–Crippen MR) is 49.2 cm³/mol. The van der Waals surface area contributed by atoms with Gasteiger partial charge in [-0.2, -0.15) is 0 Å². The van der Waals surface area contributed by atoms with Gasteiger partial charge in [0.2, 0.25) is 0 Å². The first-order chi connectivity index (χ1) is 8.30. The third-order valence-electron chi connectivity index (χ3n) is 1.95. The number of halogens is 5. The van der Waals surface area contributed by atoms with Crippen molar-refractivity contribution in [1.29, 1.82) is 0 Å². The number of hydrogen-bond donors (Lipinski definition) is 1. The molecule has 0 amide bonds. The molecule has 0 radical (unpaired) electrons. The topological polar surface area (TPSA) is 65.2 Å². The number of alkyl halides is 5. The zero-order valence-corrected chi connectivity index (χ0v) is 8.67. The van der Waals surface area contributed by atoms with E-state index in [2.05, 4.69) is 9.72 Å². The molecule has 0 spiro atoms. The van der Waals surface area contributed by atoms with E-state index in [-0.39, 0.29) is 11.8 Å². The van der Waals surface area contributed by atoms with Crippen molar-refractivity contribution in [3.05, 3.63) is 23.0 Å². The Labute approximate surface area is 97.6 Å². The summed E-state index contributed by atoms with van der Waals surface area (Å²) in [6, 6.07) is 0. The molecule has 0 aliphatic carbocycles. The van der Waals surface area contributed by atoms with E-state index in [1.165, 1.54) is 0 Å². The van der Waals surface area contributed by atoms with E-state index in [0.717, 1.165) is 6.20 Å². The van der Waals surface area contributed by atoms with E-state index in [9.17, 15) is 26.7 Å². The van der Waals surface area contributed by atoms with E-state index in [4.69, 9.17) is 5.73 Å². The van der Waals surface area contributed by atoms with Crippen LogP contribution in [-0.2, 0) is 6.54 Å². The lowest BCUT2D eigenvalue weighted by atomic mass is 10.1. The number of rotatable bonds is 4. The molecule has 18 heavy (non-hydrogen) atoms. The van der Waals surface area contributed by atoms with Crippen molar-refractivity contribution in [2.24, 2.45) is 5.73 Å². The van der Waals surface area contributed by atoms with Crippen molar-refractivity contribution < 1.29 is 31.5 Å². The van der Waals surface area contributed by atoms with Crippen LogP contribution in [-0.4, -0.2) is 17.6 Å². The quantitative estimate of drug-likeness (QED) is 0.672. The second-order valence-corrected chi connectivity index (χ2v) is 3.08. The molecule has 0 aromatic carbocycles. The molecule has 1 heterocycles. The average molecular weight is 270 g/mol. The predicted octanol–water partition coefficient (Wildman–Crippen LogP) is 2.19. The van der Waals surface area contributed by atoms with Gasteiger partial charge in [-0.1, -0.05) is 0 Å². The van der Waals surface area contributed by atoms with E-state index >= 15 is 0 Å². The number of hydrogen-bond acceptors (Lipinski definition) is 4. The van der Waals surface area contributed by atoms with Gasteiger partial charge in [-0.3, -0.25) is 9.78 Å². The molecule has 2 N–H and O–H groups in total. The van der Waals surface area contributed by atoms with Gasteiger partial charge in [-0.15, -0.1) is 13.2 Å². The third kappa shape index (κ3) is 3.13. The molecule has 1 aromatic rings. The second kappa shape index (κ2) is 5.25. The molecule has 1 aromatic heterocycles. The van der Waals surface area contributed by atoms with Gasteiger partial charge in [-0.25, -0.2) is 8.78 Å². The Morgan fingerprint density at radius 3 is 2.44 bits per heavy atom. The molecule has 0 atom stereocenters. The zero-order chi connectivity index (χ0) is 13.9. The lowest BCUT2D eigenvalue weighted by Gasteiger charge is -2.16. The van der Waals surface area contributed by atoms with Crippen LogP contribution in [0, 0.1) is 0 Å². The van der Waals surface area contributed by atoms with Crippen molar-refractivity contribution in [3.8, 4) is 5.75 Å². The maximum atomic E-state index is 12.5. The zero-order valence-electron chi connectivity index (χ0n) is 8.67. The molecule has 0 fully saturated rings. The van der Waals surface area contributed by atoms with Crippen LogP contribution in [0.5, 0.6) is 5.75 Å². The van der Waals surface area contributed by atoms with E-state index in [0.29, 0.717) is 0 Å². The smallest absolute Gasteiger partial charge is 0.403 e. The van der Waals surface area contributed by atoms with Crippen LogP contribution < -0.4 is 10.5 Å². The molecule has 100 valence electrons. The number of nitrogens with two attached hydrogens (primary N) is 1. The highest BCUT2D eigenvalue weighted by Gasteiger charge is 2.35. The largest absolute Gasteiger partial charge is 0.573 e. The van der Waals surface area contributed by atoms with Gasteiger partial charge in [0, 0.05) is 23.9 Å². The Hall–Kier alpha value is -1.77. The van der Waals surface area contributed by atoms with Crippen molar-refractivity contribution in [1.82, 2.24) is 4.98 Å². The van der Waals surface area contributed by atoms with Crippen molar-refractivity contribution in [3.63, 3.8) is 0 Å². The molecular formula is C9H7F5N2O2. The Morgan fingerprint density at radius 1 is 1.44 bits per heavy atom. The first-order valence-corrected chi connectivity index (χ1v) is 4.51. The fraction of sp³-hybridized carbons (Fsp3) is 0.333. The van der Waals surface area contributed by atoms with Gasteiger partial charge in [0.1, 0.15) is 5.69 Å². The van der Waals surface area contributed by atoms with Crippen LogP contribution >= 0.6 is 0 Å². The lowest BCUT2D eigenvalue weighted by Crippen LogP contribution is -2.21. The number of aromatic nitrogens is 1. The molecule has 4 nitrogen and oxygen atoms in total. The summed E-state index contributed by atoms with van der Waals surface area (Å²) in [6.07, 6.45) is -7.59. The SMILES string of the molecule is NCc1c(C=O)cnc(C(F)F)c1OC(F)(F)F. The number of carbonyl (C=O) groups excluding carboxylic acids is 1. The number of aldehydes is 1. The first-order valence-electron chi connectivity index (χ1n) is 4.51. The van der Waals surface area contributed by atoms with Gasteiger partial charge >= 0.3 is 6.36 Å². The molecule has 1 rings (SSSR count). The van der Waals surface area contributed by atoms with Crippen LogP contribution in [0.25, 0.3) is 0 Å². The van der Waals surface area contributed by atoms with Crippen LogP contribution in [0.2, 0.25) is 0 Å². The molecule has 0 aliphatic rings. The minimum Gasteiger partial charge on any atom is -0.403 e. The number of carbonyl (C=O) groups is 1. The molecule has 0 bridgehead atoms. The van der Waals surface area contributed by atoms with Crippen LogP contribution in [0.3, 0.4) is 0 Å². The molecule has 0 saturated carbocycles. The maximum absolute atomic E-state index is 12.5. The van der Waals surface area contributed by atoms with Crippen LogP contribution in [0.15, 0.2) is 6.20 Å². The Morgan fingerprint density at radius 2 is 2.06 bits per heavy atom. The van der Waals surface area contributed by atoms with E-state index < -0.39 is 36.3 Å². The highest BCUT2D eigenvalue weighted by atomic mass is 19.4. The molecule has 0 unspecified atom stereocenters. The Balaban J connectivity index is 3.43. The number of ether oxygens (including phenoxy) is 1. The standard InChI is InChI=1S/C9H7F5N2O2/c10-8(11)6-7(18-9(12,13)14)5(1-15)4(3-17)2-16-6/h2-3,8H,1,15H2. The summed E-state index contributed by atoms with van der Waals surface area (Å²) in [7, 11) is 0. The minimum atomic E-state index is -5.18. The Kier molecular flexibility index (Phi) is 4.17. The van der Waals surface area contributed by atoms with E-state index in [1.54, 1.807) is 0 Å². The van der Waals surface area contributed by atoms with Crippen LogP contribution in [0.1, 0.15) is 28.0 Å². The molecule has 0 saturated heterocycles. The first kappa shape index (κ1) is 14.3. The summed E-state index contributed by atoms with van der Waals surface area (Å²) in [5.41, 5.74) is 3.13. The fourth-order valence-electron chi connectivity index (χ4n) is 1.26. The Bertz CT molecular complexity index is 447. The second-order valence-electron chi connectivity index (χ2n) is 3.08. The van der Waals surface area contributed by atoms with Crippen molar-refractivity contribution >= 4 is 6.29 Å². The summed E-state index contributed by atoms with van der Waals surface area (Å²) >= 11 is 0. The number of nitrogens with zero attached hydrogens (tertiary/aromatic N) is 1. The monoisotopic (exact) mass is 270 g/mol. The highest BCUT2D eigenvalue weighted by molar-refractivity contribution is 5.78. The summed E-state index contributed by atoms with van der Waals surface area (Å²) < 4.78 is 64.8.